The Morgan fingerprint density at radius 2 is 1.83 bits per heavy atom. The number of methoxy groups -OCH3 is 2. The van der Waals surface area contributed by atoms with Crippen LogP contribution in [-0.4, -0.2) is 49.5 Å². The van der Waals surface area contributed by atoms with Crippen LogP contribution in [0.15, 0.2) is 18.2 Å². The van der Waals surface area contributed by atoms with Crippen LogP contribution in [0.2, 0.25) is 0 Å². The molecule has 1 atom stereocenters. The molecule has 8 heteroatoms. The average molecular weight is 416 g/mol. The number of rotatable bonds is 9. The number of benzene rings is 1. The molecule has 2 rings (SSSR count). The van der Waals surface area contributed by atoms with E-state index in [0.717, 1.165) is 0 Å². The van der Waals surface area contributed by atoms with Gasteiger partial charge < -0.3 is 24.5 Å². The maximum Gasteiger partial charge on any atom is 0.340 e. The van der Waals surface area contributed by atoms with Gasteiger partial charge in [-0.05, 0) is 39.3 Å². The minimum absolute atomic E-state index is 0.000164. The Bertz CT molecular complexity index is 947. The van der Waals surface area contributed by atoms with Gasteiger partial charge in [0, 0.05) is 28.9 Å². The number of nitrogens with one attached hydrogen (secondary N) is 2. The number of ether oxygens (including phenoxy) is 3. The maximum absolute atomic E-state index is 13.0. The molecule has 2 aromatic rings. The zero-order valence-corrected chi connectivity index (χ0v) is 18.2. The molecular formula is C22H28N2O6. The van der Waals surface area contributed by atoms with Crippen LogP contribution in [0.4, 0.5) is 0 Å². The highest BCUT2D eigenvalue weighted by atomic mass is 16.5. The molecule has 0 aliphatic rings. The number of carbonyl (C=O) groups excluding carboxylic acids is 3. The summed E-state index contributed by atoms with van der Waals surface area (Å²) in [5, 5.41) is 2.66. The second-order valence-electron chi connectivity index (χ2n) is 6.77. The molecule has 162 valence electrons. The van der Waals surface area contributed by atoms with Gasteiger partial charge in [-0.3, -0.25) is 9.59 Å². The largest absolute Gasteiger partial charge is 0.497 e. The maximum atomic E-state index is 13.0. The standard InChI is InChI=1S/C22H28N2O6/c1-7-12(3)23-21(26)20(25)19-18(17(13(4)24-19)22(27)30-8-2)15-10-9-14(28-5)11-16(15)29-6/h9-12,24H,7-8H2,1-6H3,(H,23,26)/t12-/m0/s1. The summed E-state index contributed by atoms with van der Waals surface area (Å²) in [5.74, 6) is -1.20. The molecule has 1 heterocycles. The predicted molar refractivity (Wildman–Crippen MR) is 112 cm³/mol. The normalized spacial score (nSPS) is 11.5. The number of hydrogen-bond acceptors (Lipinski definition) is 6. The second-order valence-corrected chi connectivity index (χ2v) is 6.77. The molecule has 30 heavy (non-hydrogen) atoms. The fourth-order valence-corrected chi connectivity index (χ4v) is 3.03. The van der Waals surface area contributed by atoms with Crippen molar-refractivity contribution in [2.75, 3.05) is 20.8 Å². The summed E-state index contributed by atoms with van der Waals surface area (Å²) in [7, 11) is 2.99. The van der Waals surface area contributed by atoms with Crippen molar-refractivity contribution in [3.05, 3.63) is 35.2 Å². The average Bonchev–Trinajstić information content (AvgIpc) is 3.09. The van der Waals surface area contributed by atoms with Gasteiger partial charge in [-0.2, -0.15) is 0 Å². The third-order valence-electron chi connectivity index (χ3n) is 4.77. The summed E-state index contributed by atoms with van der Waals surface area (Å²) in [6.07, 6.45) is 0.677. The lowest BCUT2D eigenvalue weighted by molar-refractivity contribution is -0.117. The summed E-state index contributed by atoms with van der Waals surface area (Å²) in [6, 6.07) is 4.83. The summed E-state index contributed by atoms with van der Waals surface area (Å²) in [6.45, 7) is 7.22. The van der Waals surface area contributed by atoms with Gasteiger partial charge in [0.2, 0.25) is 0 Å². The van der Waals surface area contributed by atoms with E-state index in [4.69, 9.17) is 14.2 Å². The van der Waals surface area contributed by atoms with Crippen molar-refractivity contribution in [1.29, 1.82) is 0 Å². The van der Waals surface area contributed by atoms with E-state index < -0.39 is 17.7 Å². The number of ketones is 1. The van der Waals surface area contributed by atoms with Gasteiger partial charge in [-0.25, -0.2) is 4.79 Å². The Hall–Kier alpha value is -3.29. The number of aromatic nitrogens is 1. The van der Waals surface area contributed by atoms with Crippen molar-refractivity contribution in [3.63, 3.8) is 0 Å². The molecule has 0 unspecified atom stereocenters. The fourth-order valence-electron chi connectivity index (χ4n) is 3.03. The van der Waals surface area contributed by atoms with Crippen LogP contribution in [0, 0.1) is 6.92 Å². The lowest BCUT2D eigenvalue weighted by atomic mass is 9.97. The Kier molecular flexibility index (Phi) is 7.63. The topological polar surface area (TPSA) is 107 Å². The molecule has 1 amide bonds. The first-order valence-electron chi connectivity index (χ1n) is 9.76. The Labute approximate surface area is 175 Å². The summed E-state index contributed by atoms with van der Waals surface area (Å²) in [4.78, 5) is 41.1. The van der Waals surface area contributed by atoms with Crippen LogP contribution in [-0.2, 0) is 9.53 Å². The van der Waals surface area contributed by atoms with Crippen LogP contribution in [0.5, 0.6) is 11.5 Å². The molecule has 0 aliphatic carbocycles. The van der Waals surface area contributed by atoms with Gasteiger partial charge in [-0.1, -0.05) is 6.92 Å². The summed E-state index contributed by atoms with van der Waals surface area (Å²) in [5.41, 5.74) is 1.32. The van der Waals surface area contributed by atoms with Crippen molar-refractivity contribution in [2.24, 2.45) is 0 Å². The molecule has 0 fully saturated rings. The molecule has 0 aliphatic heterocycles. The third kappa shape index (κ3) is 4.64. The van der Waals surface area contributed by atoms with E-state index in [2.05, 4.69) is 10.3 Å². The zero-order valence-electron chi connectivity index (χ0n) is 18.2. The number of Topliss-reactive ketones (excluding diaryl/α,β-unsaturated/α-hetero) is 1. The smallest absolute Gasteiger partial charge is 0.340 e. The molecule has 0 saturated carbocycles. The van der Waals surface area contributed by atoms with E-state index in [1.807, 2.05) is 13.8 Å². The molecule has 0 bridgehead atoms. The van der Waals surface area contributed by atoms with E-state index in [1.54, 1.807) is 32.0 Å². The van der Waals surface area contributed by atoms with Crippen LogP contribution in [0.1, 0.15) is 53.7 Å². The van der Waals surface area contributed by atoms with Crippen molar-refractivity contribution in [1.82, 2.24) is 10.3 Å². The van der Waals surface area contributed by atoms with Gasteiger partial charge in [0.1, 0.15) is 17.2 Å². The lowest BCUT2D eigenvalue weighted by Gasteiger charge is -2.14. The molecule has 2 N–H and O–H groups in total. The lowest BCUT2D eigenvalue weighted by Crippen LogP contribution is -2.37. The Balaban J connectivity index is 2.71. The zero-order chi connectivity index (χ0) is 22.4. The summed E-state index contributed by atoms with van der Waals surface area (Å²) < 4.78 is 15.9. The van der Waals surface area contributed by atoms with Gasteiger partial charge in [0.25, 0.3) is 11.7 Å². The highest BCUT2D eigenvalue weighted by Gasteiger charge is 2.31. The molecule has 8 nitrogen and oxygen atoms in total. The second kappa shape index (κ2) is 9.96. The quantitative estimate of drug-likeness (QED) is 0.369. The van der Waals surface area contributed by atoms with Crippen LogP contribution >= 0.6 is 0 Å². The van der Waals surface area contributed by atoms with E-state index in [0.29, 0.717) is 29.2 Å². The van der Waals surface area contributed by atoms with Gasteiger partial charge in [0.15, 0.2) is 0 Å². The van der Waals surface area contributed by atoms with E-state index in [-0.39, 0.29) is 29.5 Å². The molecule has 1 aromatic carbocycles. The van der Waals surface area contributed by atoms with Crippen molar-refractivity contribution in [3.8, 4) is 22.6 Å². The highest BCUT2D eigenvalue weighted by molar-refractivity contribution is 6.44. The molecular weight excluding hydrogens is 388 g/mol. The van der Waals surface area contributed by atoms with Gasteiger partial charge in [0.05, 0.1) is 26.4 Å². The molecule has 0 spiro atoms. The fraction of sp³-hybridized carbons (Fsp3) is 0.409. The monoisotopic (exact) mass is 416 g/mol. The van der Waals surface area contributed by atoms with Crippen molar-refractivity contribution >= 4 is 17.7 Å². The minimum atomic E-state index is -0.776. The van der Waals surface area contributed by atoms with Crippen molar-refractivity contribution in [2.45, 2.75) is 40.2 Å². The van der Waals surface area contributed by atoms with E-state index >= 15 is 0 Å². The first kappa shape index (κ1) is 23.0. The predicted octanol–water partition coefficient (Wildman–Crippen LogP) is 3.28. The SMILES string of the molecule is CCOC(=O)c1c(C)[nH]c(C(=O)C(=O)N[C@@H](C)CC)c1-c1ccc(OC)cc1OC. The third-order valence-corrected chi connectivity index (χ3v) is 4.77. The number of amides is 1. The number of carbonyl (C=O) groups is 3. The minimum Gasteiger partial charge on any atom is -0.497 e. The van der Waals surface area contributed by atoms with Crippen LogP contribution < -0.4 is 14.8 Å². The molecule has 1 aromatic heterocycles. The number of esters is 1. The van der Waals surface area contributed by atoms with Crippen LogP contribution in [0.25, 0.3) is 11.1 Å². The van der Waals surface area contributed by atoms with Crippen LogP contribution in [0.3, 0.4) is 0 Å². The number of hydrogen-bond donors (Lipinski definition) is 2. The highest BCUT2D eigenvalue weighted by Crippen LogP contribution is 2.39. The summed E-state index contributed by atoms with van der Waals surface area (Å²) >= 11 is 0. The Morgan fingerprint density at radius 3 is 2.40 bits per heavy atom. The first-order valence-corrected chi connectivity index (χ1v) is 9.76. The number of aryl methyl sites for hydroxylation is 1. The molecule has 0 saturated heterocycles. The number of H-pyrrole nitrogens is 1. The van der Waals surface area contributed by atoms with Crippen molar-refractivity contribution < 1.29 is 28.6 Å². The van der Waals surface area contributed by atoms with E-state index in [9.17, 15) is 14.4 Å². The Morgan fingerprint density at radius 1 is 1.13 bits per heavy atom. The van der Waals surface area contributed by atoms with Gasteiger partial charge >= 0.3 is 5.97 Å². The van der Waals surface area contributed by atoms with E-state index in [1.165, 1.54) is 14.2 Å². The number of aromatic amines is 1. The van der Waals surface area contributed by atoms with Gasteiger partial charge in [-0.15, -0.1) is 0 Å². The first-order chi connectivity index (χ1) is 14.3. The molecule has 0 radical (unpaired) electrons.